The normalized spacial score (nSPS) is 32.0. The number of rotatable bonds is 5. The van der Waals surface area contributed by atoms with Crippen molar-refractivity contribution in [3.8, 4) is 0 Å². The summed E-state index contributed by atoms with van der Waals surface area (Å²) in [6, 6.07) is -0.295. The molecular formula is C18H29NO3S. The van der Waals surface area contributed by atoms with Crippen LogP contribution in [0.5, 0.6) is 0 Å². The SMILES string of the molecule is C=CC(=O)SN1CCC[C@@H]1C(=O)OC1CCCC(C)(C(C)C)C1. The van der Waals surface area contributed by atoms with Gasteiger partial charge >= 0.3 is 5.97 Å². The molecule has 0 spiro atoms. The van der Waals surface area contributed by atoms with Gasteiger partial charge in [0.25, 0.3) is 0 Å². The smallest absolute Gasteiger partial charge is 0.324 e. The van der Waals surface area contributed by atoms with E-state index in [4.69, 9.17) is 4.74 Å². The molecule has 0 N–H and O–H groups in total. The Morgan fingerprint density at radius 2 is 2.09 bits per heavy atom. The van der Waals surface area contributed by atoms with Crippen LogP contribution in [0.1, 0.15) is 59.3 Å². The fourth-order valence-electron chi connectivity index (χ4n) is 3.56. The summed E-state index contributed by atoms with van der Waals surface area (Å²) in [6.07, 6.45) is 7.23. The van der Waals surface area contributed by atoms with Crippen LogP contribution in [-0.2, 0) is 14.3 Å². The number of carbonyl (C=O) groups is 2. The molecule has 0 amide bonds. The van der Waals surface area contributed by atoms with Gasteiger partial charge in [-0.25, -0.2) is 4.31 Å². The average molecular weight is 340 g/mol. The Balaban J connectivity index is 1.93. The van der Waals surface area contributed by atoms with Crippen LogP contribution in [0.2, 0.25) is 0 Å². The predicted octanol–water partition coefficient (Wildman–Crippen LogP) is 3.96. The summed E-state index contributed by atoms with van der Waals surface area (Å²) in [5.74, 6) is 0.428. The molecule has 2 fully saturated rings. The molecule has 1 saturated carbocycles. The van der Waals surface area contributed by atoms with Crippen LogP contribution < -0.4 is 0 Å². The molecule has 0 aromatic carbocycles. The summed E-state index contributed by atoms with van der Waals surface area (Å²) in [7, 11) is 0. The maximum Gasteiger partial charge on any atom is 0.324 e. The van der Waals surface area contributed by atoms with Crippen molar-refractivity contribution in [3.63, 3.8) is 0 Å². The molecular weight excluding hydrogens is 310 g/mol. The molecule has 3 atom stereocenters. The zero-order valence-electron chi connectivity index (χ0n) is 14.5. The Labute approximate surface area is 144 Å². The van der Waals surface area contributed by atoms with Gasteiger partial charge in [-0.1, -0.05) is 27.4 Å². The molecule has 1 aliphatic heterocycles. The summed E-state index contributed by atoms with van der Waals surface area (Å²) >= 11 is 1.09. The van der Waals surface area contributed by atoms with Crippen LogP contribution in [0.25, 0.3) is 0 Å². The maximum atomic E-state index is 12.6. The molecule has 2 rings (SSSR count). The lowest BCUT2D eigenvalue weighted by atomic mass is 9.67. The van der Waals surface area contributed by atoms with Gasteiger partial charge in [0.1, 0.15) is 12.1 Å². The van der Waals surface area contributed by atoms with E-state index >= 15 is 0 Å². The Kier molecular flexibility index (Phi) is 6.32. The van der Waals surface area contributed by atoms with Crippen LogP contribution in [-0.4, -0.2) is 34.1 Å². The highest BCUT2D eigenvalue weighted by atomic mass is 32.2. The molecule has 0 aromatic rings. The van der Waals surface area contributed by atoms with Gasteiger partial charge in [0, 0.05) is 18.5 Å². The standard InChI is InChI=1S/C18H29NO3S/c1-5-16(20)23-19-11-7-9-15(19)17(21)22-14-8-6-10-18(4,12-14)13(2)3/h5,13-15H,1,6-12H2,2-4H3/t14?,15-,18?/m1/s1. The van der Waals surface area contributed by atoms with Crippen LogP contribution in [0.3, 0.4) is 0 Å². The van der Waals surface area contributed by atoms with Gasteiger partial charge in [-0.05, 0) is 55.9 Å². The van der Waals surface area contributed by atoms with Crippen molar-refractivity contribution < 1.29 is 14.3 Å². The molecule has 23 heavy (non-hydrogen) atoms. The summed E-state index contributed by atoms with van der Waals surface area (Å²) in [5, 5.41) is -0.116. The quantitative estimate of drug-likeness (QED) is 0.431. The lowest BCUT2D eigenvalue weighted by molar-refractivity contribution is -0.157. The van der Waals surface area contributed by atoms with Crippen molar-refractivity contribution in [2.75, 3.05) is 6.54 Å². The van der Waals surface area contributed by atoms with E-state index in [2.05, 4.69) is 27.4 Å². The molecule has 1 saturated heterocycles. The van der Waals surface area contributed by atoms with Crippen molar-refractivity contribution in [2.24, 2.45) is 11.3 Å². The molecule has 0 bridgehead atoms. The van der Waals surface area contributed by atoms with E-state index in [0.29, 0.717) is 5.92 Å². The first-order chi connectivity index (χ1) is 10.9. The van der Waals surface area contributed by atoms with Gasteiger partial charge in [-0.15, -0.1) is 0 Å². The second-order valence-electron chi connectivity index (χ2n) is 7.38. The second-order valence-corrected chi connectivity index (χ2v) is 8.43. The van der Waals surface area contributed by atoms with Gasteiger partial charge in [0.05, 0.1) is 0 Å². The first kappa shape index (κ1) is 18.5. The van der Waals surface area contributed by atoms with E-state index in [1.165, 1.54) is 12.5 Å². The fraction of sp³-hybridized carbons (Fsp3) is 0.778. The van der Waals surface area contributed by atoms with Crippen LogP contribution >= 0.6 is 11.9 Å². The van der Waals surface area contributed by atoms with Gasteiger partial charge in [-0.3, -0.25) is 9.59 Å². The Bertz CT molecular complexity index is 465. The summed E-state index contributed by atoms with van der Waals surface area (Å²) < 4.78 is 7.69. The van der Waals surface area contributed by atoms with Crippen molar-refractivity contribution in [2.45, 2.75) is 71.4 Å². The maximum absolute atomic E-state index is 12.6. The number of nitrogens with zero attached hydrogens (tertiary/aromatic N) is 1. The van der Waals surface area contributed by atoms with E-state index in [9.17, 15) is 9.59 Å². The molecule has 5 heteroatoms. The number of carbonyl (C=O) groups excluding carboxylic acids is 2. The zero-order chi connectivity index (χ0) is 17.0. The molecule has 4 nitrogen and oxygen atoms in total. The van der Waals surface area contributed by atoms with E-state index in [1.807, 2.05) is 4.31 Å². The van der Waals surface area contributed by atoms with Gasteiger partial charge < -0.3 is 4.74 Å². The molecule has 0 aromatic heterocycles. The van der Waals surface area contributed by atoms with Gasteiger partial charge in [-0.2, -0.15) is 0 Å². The Morgan fingerprint density at radius 1 is 1.35 bits per heavy atom. The van der Waals surface area contributed by atoms with E-state index in [1.54, 1.807) is 0 Å². The molecule has 2 unspecified atom stereocenters. The largest absolute Gasteiger partial charge is 0.461 e. The minimum Gasteiger partial charge on any atom is -0.461 e. The highest BCUT2D eigenvalue weighted by Crippen LogP contribution is 2.43. The minimum absolute atomic E-state index is 0.0196. The summed E-state index contributed by atoms with van der Waals surface area (Å²) in [4.78, 5) is 24.1. The molecule has 0 radical (unpaired) electrons. The van der Waals surface area contributed by atoms with Crippen LogP contribution in [0, 0.1) is 11.3 Å². The third-order valence-electron chi connectivity index (χ3n) is 5.49. The lowest BCUT2D eigenvalue weighted by Crippen LogP contribution is -2.40. The summed E-state index contributed by atoms with van der Waals surface area (Å²) in [6.45, 7) is 11.0. The van der Waals surface area contributed by atoms with Crippen molar-refractivity contribution >= 4 is 23.0 Å². The first-order valence-corrected chi connectivity index (χ1v) is 9.44. The Hall–Kier alpha value is -0.810. The monoisotopic (exact) mass is 339 g/mol. The van der Waals surface area contributed by atoms with Crippen molar-refractivity contribution in [1.29, 1.82) is 0 Å². The number of hydrogen-bond acceptors (Lipinski definition) is 5. The third-order valence-corrected chi connectivity index (χ3v) is 6.51. The van der Waals surface area contributed by atoms with Crippen LogP contribution in [0.15, 0.2) is 12.7 Å². The topological polar surface area (TPSA) is 46.6 Å². The van der Waals surface area contributed by atoms with E-state index in [-0.39, 0.29) is 28.6 Å². The van der Waals surface area contributed by atoms with Crippen LogP contribution in [0.4, 0.5) is 0 Å². The van der Waals surface area contributed by atoms with Gasteiger partial charge in [0.2, 0.25) is 5.12 Å². The fourth-order valence-corrected chi connectivity index (χ4v) is 4.41. The third kappa shape index (κ3) is 4.60. The van der Waals surface area contributed by atoms with Crippen molar-refractivity contribution in [1.82, 2.24) is 4.31 Å². The van der Waals surface area contributed by atoms with Gasteiger partial charge in [0.15, 0.2) is 0 Å². The number of hydrogen-bond donors (Lipinski definition) is 0. The molecule has 130 valence electrons. The minimum atomic E-state index is -0.295. The number of esters is 1. The van der Waals surface area contributed by atoms with E-state index < -0.39 is 0 Å². The highest BCUT2D eigenvalue weighted by Gasteiger charge is 2.39. The summed E-state index contributed by atoms with van der Waals surface area (Å²) in [5.41, 5.74) is 0.256. The average Bonchev–Trinajstić information content (AvgIpc) is 2.95. The molecule has 1 heterocycles. The number of ether oxygens (including phenoxy) is 1. The molecule has 1 aliphatic carbocycles. The Morgan fingerprint density at radius 3 is 2.74 bits per heavy atom. The molecule has 2 aliphatic rings. The lowest BCUT2D eigenvalue weighted by Gasteiger charge is -2.41. The van der Waals surface area contributed by atoms with Crippen molar-refractivity contribution in [3.05, 3.63) is 12.7 Å². The zero-order valence-corrected chi connectivity index (χ0v) is 15.4. The highest BCUT2D eigenvalue weighted by molar-refractivity contribution is 8.12. The first-order valence-electron chi connectivity index (χ1n) is 8.67. The predicted molar refractivity (Wildman–Crippen MR) is 93.8 cm³/mol. The second kappa shape index (κ2) is 7.84. The van der Waals surface area contributed by atoms with E-state index in [0.717, 1.165) is 50.6 Å².